The minimum Gasteiger partial charge on any atom is -0.379 e. The number of nitrogens with one attached hydrogen (secondary N) is 1. The van der Waals surface area contributed by atoms with Gasteiger partial charge in [0, 0.05) is 43.8 Å². The van der Waals surface area contributed by atoms with Crippen molar-refractivity contribution in [2.24, 2.45) is 0 Å². The molecule has 2 saturated heterocycles. The van der Waals surface area contributed by atoms with Gasteiger partial charge in [-0.15, -0.1) is 0 Å². The third kappa shape index (κ3) is 4.83. The minimum atomic E-state index is -0.289. The van der Waals surface area contributed by atoms with Gasteiger partial charge in [0.25, 0.3) is 0 Å². The smallest absolute Gasteiger partial charge is 0.174 e. The van der Waals surface area contributed by atoms with Gasteiger partial charge in [-0.2, -0.15) is 0 Å². The summed E-state index contributed by atoms with van der Waals surface area (Å²) in [5.41, 5.74) is 4.88. The number of halogens is 1. The lowest BCUT2D eigenvalue weighted by Gasteiger charge is -2.28. The molecule has 2 fully saturated rings. The standard InChI is InChI=1S/C27H32FN5OS/c1-19-18-21(20(2)32(19)13-7-12-31-14-16-34-17-15-31)26-25(23-9-5-6-11-29-23)30-27(35)33(26)24-10-4-3-8-22(24)28/h3-6,8-11,18,25-26H,7,12-17H2,1-2H3,(H,30,35)/t25-,26+/m0/s1. The van der Waals surface area contributed by atoms with Crippen molar-refractivity contribution in [3.63, 3.8) is 0 Å². The number of nitrogens with zero attached hydrogens (tertiary/aromatic N) is 4. The van der Waals surface area contributed by atoms with E-state index >= 15 is 0 Å². The van der Waals surface area contributed by atoms with Gasteiger partial charge in [-0.1, -0.05) is 18.2 Å². The van der Waals surface area contributed by atoms with E-state index in [1.807, 2.05) is 29.2 Å². The predicted octanol–water partition coefficient (Wildman–Crippen LogP) is 4.54. The molecule has 6 nitrogen and oxygen atoms in total. The number of ether oxygens (including phenoxy) is 1. The first-order valence-corrected chi connectivity index (χ1v) is 12.7. The third-order valence-corrected chi connectivity index (χ3v) is 7.42. The molecule has 3 aromatic rings. The van der Waals surface area contributed by atoms with Crippen molar-refractivity contribution in [2.75, 3.05) is 37.7 Å². The molecule has 0 radical (unpaired) electrons. The fourth-order valence-electron chi connectivity index (χ4n) is 5.33. The molecule has 1 N–H and O–H groups in total. The maximum absolute atomic E-state index is 15.0. The predicted molar refractivity (Wildman–Crippen MR) is 140 cm³/mol. The highest BCUT2D eigenvalue weighted by atomic mass is 32.1. The molecule has 0 saturated carbocycles. The second kappa shape index (κ2) is 10.4. The molecule has 2 aliphatic rings. The first kappa shape index (κ1) is 23.9. The lowest BCUT2D eigenvalue weighted by atomic mass is 9.96. The maximum atomic E-state index is 15.0. The topological polar surface area (TPSA) is 45.6 Å². The summed E-state index contributed by atoms with van der Waals surface area (Å²) in [5.74, 6) is -0.289. The van der Waals surface area contributed by atoms with Gasteiger partial charge in [0.2, 0.25) is 0 Å². The molecule has 5 rings (SSSR count). The summed E-state index contributed by atoms with van der Waals surface area (Å²) in [7, 11) is 0. The van der Waals surface area contributed by atoms with Gasteiger partial charge < -0.3 is 19.5 Å². The number of benzene rings is 1. The van der Waals surface area contributed by atoms with E-state index in [9.17, 15) is 4.39 Å². The number of morpholine rings is 1. The highest BCUT2D eigenvalue weighted by molar-refractivity contribution is 7.80. The molecule has 0 amide bonds. The largest absolute Gasteiger partial charge is 0.379 e. The first-order valence-electron chi connectivity index (χ1n) is 12.3. The number of rotatable bonds is 7. The Labute approximate surface area is 211 Å². The molecule has 4 heterocycles. The highest BCUT2D eigenvalue weighted by Crippen LogP contribution is 2.43. The molecule has 0 spiro atoms. The molecular formula is C27H32FN5OS. The summed E-state index contributed by atoms with van der Waals surface area (Å²) in [6.07, 6.45) is 2.86. The van der Waals surface area contributed by atoms with Gasteiger partial charge in [0.1, 0.15) is 5.82 Å². The van der Waals surface area contributed by atoms with Crippen molar-refractivity contribution in [1.29, 1.82) is 0 Å². The fraction of sp³-hybridized carbons (Fsp3) is 0.407. The average Bonchev–Trinajstić information content (AvgIpc) is 3.36. The number of hydrogen-bond acceptors (Lipinski definition) is 4. The Morgan fingerprint density at radius 2 is 1.86 bits per heavy atom. The zero-order valence-corrected chi connectivity index (χ0v) is 21.1. The van der Waals surface area contributed by atoms with Crippen LogP contribution in [0.25, 0.3) is 0 Å². The van der Waals surface area contributed by atoms with Crippen LogP contribution in [0.4, 0.5) is 10.1 Å². The summed E-state index contributed by atoms with van der Waals surface area (Å²) >= 11 is 5.76. The Kier molecular flexibility index (Phi) is 7.13. The number of pyridine rings is 1. The van der Waals surface area contributed by atoms with Crippen LogP contribution >= 0.6 is 12.2 Å². The van der Waals surface area contributed by atoms with Crippen LogP contribution in [0.5, 0.6) is 0 Å². The third-order valence-electron chi connectivity index (χ3n) is 7.10. The van der Waals surface area contributed by atoms with Gasteiger partial charge in [-0.25, -0.2) is 4.39 Å². The van der Waals surface area contributed by atoms with Crippen LogP contribution in [-0.2, 0) is 11.3 Å². The van der Waals surface area contributed by atoms with Crippen LogP contribution in [0.2, 0.25) is 0 Å². The Hall–Kier alpha value is -2.81. The van der Waals surface area contributed by atoms with Crippen LogP contribution in [0.15, 0.2) is 54.7 Å². The van der Waals surface area contributed by atoms with Crippen LogP contribution < -0.4 is 10.2 Å². The molecule has 2 aromatic heterocycles. The van der Waals surface area contributed by atoms with Gasteiger partial charge in [-0.3, -0.25) is 9.88 Å². The lowest BCUT2D eigenvalue weighted by Crippen LogP contribution is -2.37. The molecule has 0 aliphatic carbocycles. The highest BCUT2D eigenvalue weighted by Gasteiger charge is 2.43. The van der Waals surface area contributed by atoms with Gasteiger partial charge in [-0.05, 0) is 68.4 Å². The molecular weight excluding hydrogens is 461 g/mol. The molecule has 1 aromatic carbocycles. The molecule has 0 unspecified atom stereocenters. The van der Waals surface area contributed by atoms with Crippen LogP contribution in [0.3, 0.4) is 0 Å². The summed E-state index contributed by atoms with van der Waals surface area (Å²) in [5, 5.41) is 3.94. The van der Waals surface area contributed by atoms with Gasteiger partial charge in [0.05, 0.1) is 36.7 Å². The number of anilines is 1. The Balaban J connectivity index is 1.48. The Morgan fingerprint density at radius 3 is 2.60 bits per heavy atom. The molecule has 0 bridgehead atoms. The maximum Gasteiger partial charge on any atom is 0.174 e. The summed E-state index contributed by atoms with van der Waals surface area (Å²) < 4.78 is 22.9. The van der Waals surface area contributed by atoms with Crippen LogP contribution in [-0.4, -0.2) is 52.4 Å². The summed E-state index contributed by atoms with van der Waals surface area (Å²) in [6, 6.07) is 14.5. The van der Waals surface area contributed by atoms with Gasteiger partial charge >= 0.3 is 0 Å². The zero-order valence-electron chi connectivity index (χ0n) is 20.3. The van der Waals surface area contributed by atoms with Crippen molar-refractivity contribution in [2.45, 2.75) is 38.9 Å². The molecule has 2 atom stereocenters. The van der Waals surface area contributed by atoms with E-state index in [4.69, 9.17) is 17.0 Å². The molecule has 2 aliphatic heterocycles. The van der Waals surface area contributed by atoms with E-state index < -0.39 is 0 Å². The molecule has 184 valence electrons. The van der Waals surface area contributed by atoms with E-state index in [0.717, 1.165) is 57.1 Å². The van der Waals surface area contributed by atoms with E-state index in [1.54, 1.807) is 18.3 Å². The van der Waals surface area contributed by atoms with Crippen molar-refractivity contribution >= 4 is 23.0 Å². The molecule has 8 heteroatoms. The quantitative estimate of drug-likeness (QED) is 0.488. The van der Waals surface area contributed by atoms with Crippen molar-refractivity contribution in [1.82, 2.24) is 19.8 Å². The monoisotopic (exact) mass is 493 g/mol. The molecule has 35 heavy (non-hydrogen) atoms. The van der Waals surface area contributed by atoms with E-state index in [-0.39, 0.29) is 17.9 Å². The van der Waals surface area contributed by atoms with Crippen LogP contribution in [0, 0.1) is 19.7 Å². The van der Waals surface area contributed by atoms with E-state index in [0.29, 0.717) is 10.8 Å². The van der Waals surface area contributed by atoms with Crippen LogP contribution in [0.1, 0.15) is 41.1 Å². The number of thiocarbonyl (C=S) groups is 1. The normalized spacial score (nSPS) is 20.9. The Bertz CT molecular complexity index is 1180. The number of aryl methyl sites for hydroxylation is 1. The average molecular weight is 494 g/mol. The SMILES string of the molecule is Cc1cc([C@@H]2[C@H](c3ccccn3)NC(=S)N2c2ccccc2F)c(C)n1CCCN1CCOCC1. The summed E-state index contributed by atoms with van der Waals surface area (Å²) in [6.45, 7) is 9.95. The number of aromatic nitrogens is 2. The fourth-order valence-corrected chi connectivity index (χ4v) is 5.66. The number of para-hydroxylation sites is 1. The minimum absolute atomic E-state index is 0.189. The first-order chi connectivity index (χ1) is 17.0. The van der Waals surface area contributed by atoms with Crippen molar-refractivity contribution < 1.29 is 9.13 Å². The lowest BCUT2D eigenvalue weighted by molar-refractivity contribution is 0.0369. The summed E-state index contributed by atoms with van der Waals surface area (Å²) in [4.78, 5) is 9.00. The van der Waals surface area contributed by atoms with Crippen molar-refractivity contribution in [3.05, 3.63) is 83.2 Å². The number of hydrogen-bond donors (Lipinski definition) is 1. The second-order valence-corrected chi connectivity index (χ2v) is 9.62. The Morgan fingerprint density at radius 1 is 1.09 bits per heavy atom. The second-order valence-electron chi connectivity index (χ2n) is 9.23. The van der Waals surface area contributed by atoms with Gasteiger partial charge in [0.15, 0.2) is 5.11 Å². The van der Waals surface area contributed by atoms with E-state index in [2.05, 4.69) is 39.7 Å². The van der Waals surface area contributed by atoms with Crippen molar-refractivity contribution in [3.8, 4) is 0 Å². The zero-order chi connectivity index (χ0) is 24.4. The van der Waals surface area contributed by atoms with E-state index in [1.165, 1.54) is 17.5 Å².